The zero-order valence-corrected chi connectivity index (χ0v) is 11.5. The van der Waals surface area contributed by atoms with Crippen LogP contribution in [0.1, 0.15) is 5.56 Å². The van der Waals surface area contributed by atoms with Crippen molar-refractivity contribution in [2.45, 2.75) is 6.92 Å². The third kappa shape index (κ3) is 2.76. The number of hydrogen-bond donors (Lipinski definition) is 2. The number of rotatable bonds is 3. The van der Waals surface area contributed by atoms with E-state index in [0.717, 1.165) is 21.9 Å². The predicted molar refractivity (Wildman–Crippen MR) is 73.7 cm³/mol. The highest BCUT2D eigenvalue weighted by atomic mass is 79.9. The molecule has 0 bridgehead atoms. The maximum absolute atomic E-state index is 13.6. The molecule has 0 atom stereocenters. The monoisotopic (exact) mass is 310 g/mol. The first kappa shape index (κ1) is 12.8. The van der Waals surface area contributed by atoms with Gasteiger partial charge in [-0.15, -0.1) is 0 Å². The highest BCUT2D eigenvalue weighted by molar-refractivity contribution is 9.10. The van der Waals surface area contributed by atoms with Gasteiger partial charge in [-0.25, -0.2) is 9.37 Å². The molecule has 2 rings (SSSR count). The van der Waals surface area contributed by atoms with Crippen molar-refractivity contribution < 1.29 is 4.39 Å². The van der Waals surface area contributed by atoms with Gasteiger partial charge in [-0.05, 0) is 24.6 Å². The molecule has 0 amide bonds. The average molecular weight is 311 g/mol. The second kappa shape index (κ2) is 5.30. The van der Waals surface area contributed by atoms with E-state index in [1.54, 1.807) is 7.05 Å². The molecule has 0 saturated carbocycles. The van der Waals surface area contributed by atoms with Crippen molar-refractivity contribution in [3.05, 3.63) is 40.2 Å². The summed E-state index contributed by atoms with van der Waals surface area (Å²) in [5, 5.41) is 5.73. The van der Waals surface area contributed by atoms with Gasteiger partial charge >= 0.3 is 0 Å². The molecule has 0 aliphatic heterocycles. The predicted octanol–water partition coefficient (Wildman–Crippen LogP) is 3.47. The van der Waals surface area contributed by atoms with Crippen LogP contribution in [0.15, 0.2) is 28.9 Å². The van der Waals surface area contributed by atoms with Crippen LogP contribution in [-0.4, -0.2) is 17.0 Å². The Balaban J connectivity index is 2.36. The zero-order valence-electron chi connectivity index (χ0n) is 9.96. The molecule has 0 fully saturated rings. The number of aryl methyl sites for hydroxylation is 1. The Hall–Kier alpha value is -1.69. The van der Waals surface area contributed by atoms with Crippen molar-refractivity contribution >= 4 is 33.4 Å². The van der Waals surface area contributed by atoms with Gasteiger partial charge in [0.15, 0.2) is 11.6 Å². The summed E-state index contributed by atoms with van der Waals surface area (Å²) in [5.41, 5.74) is 1.80. The number of halogens is 2. The van der Waals surface area contributed by atoms with Crippen LogP contribution < -0.4 is 10.6 Å². The lowest BCUT2D eigenvalue weighted by molar-refractivity contribution is 0.619. The van der Waals surface area contributed by atoms with Crippen LogP contribution in [0.4, 0.5) is 21.8 Å². The minimum Gasteiger partial charge on any atom is -0.357 e. The number of nitrogens with zero attached hydrogens (tertiary/aromatic N) is 2. The van der Waals surface area contributed by atoms with E-state index in [1.807, 2.05) is 25.1 Å². The Labute approximate surface area is 113 Å². The summed E-state index contributed by atoms with van der Waals surface area (Å²) in [6.07, 6.45) is 1.13. The summed E-state index contributed by atoms with van der Waals surface area (Å²) in [4.78, 5) is 7.83. The van der Waals surface area contributed by atoms with Gasteiger partial charge in [-0.3, -0.25) is 0 Å². The van der Waals surface area contributed by atoms with Gasteiger partial charge in [0.1, 0.15) is 0 Å². The van der Waals surface area contributed by atoms with Crippen molar-refractivity contribution in [2.24, 2.45) is 0 Å². The lowest BCUT2D eigenvalue weighted by Gasteiger charge is -2.10. The summed E-state index contributed by atoms with van der Waals surface area (Å²) in [7, 11) is 1.68. The molecule has 1 aromatic heterocycles. The van der Waals surface area contributed by atoms with E-state index in [9.17, 15) is 4.39 Å². The van der Waals surface area contributed by atoms with Gasteiger partial charge in [-0.1, -0.05) is 22.0 Å². The maximum atomic E-state index is 13.6. The number of aromatic nitrogens is 2. The number of benzene rings is 1. The molecule has 1 aromatic carbocycles. The quantitative estimate of drug-likeness (QED) is 0.911. The van der Waals surface area contributed by atoms with Crippen molar-refractivity contribution in [1.29, 1.82) is 0 Å². The number of anilines is 3. The second-order valence-electron chi connectivity index (χ2n) is 3.72. The molecule has 2 aromatic rings. The van der Waals surface area contributed by atoms with E-state index >= 15 is 0 Å². The third-order valence-corrected chi connectivity index (χ3v) is 2.91. The summed E-state index contributed by atoms with van der Waals surface area (Å²) in [6, 6.07) is 5.73. The zero-order chi connectivity index (χ0) is 13.1. The van der Waals surface area contributed by atoms with Crippen LogP contribution in [0.3, 0.4) is 0 Å². The van der Waals surface area contributed by atoms with E-state index < -0.39 is 5.82 Å². The number of hydrogen-bond acceptors (Lipinski definition) is 4. The van der Waals surface area contributed by atoms with Crippen LogP contribution in [0, 0.1) is 12.7 Å². The SMILES string of the molecule is CNc1ncc(F)c(Nc2cc(Br)ccc2C)n1. The minimum atomic E-state index is -0.492. The molecule has 0 unspecified atom stereocenters. The van der Waals surface area contributed by atoms with Crippen molar-refractivity contribution in [2.75, 3.05) is 17.7 Å². The Bertz CT molecular complexity index is 574. The van der Waals surface area contributed by atoms with E-state index in [2.05, 4.69) is 36.5 Å². The van der Waals surface area contributed by atoms with Crippen LogP contribution in [-0.2, 0) is 0 Å². The molecule has 18 heavy (non-hydrogen) atoms. The molecular formula is C12H12BrFN4. The van der Waals surface area contributed by atoms with E-state index in [4.69, 9.17) is 0 Å². The molecular weight excluding hydrogens is 299 g/mol. The molecule has 0 aliphatic carbocycles. The van der Waals surface area contributed by atoms with Gasteiger partial charge in [0.05, 0.1) is 6.20 Å². The fourth-order valence-electron chi connectivity index (χ4n) is 1.43. The van der Waals surface area contributed by atoms with Crippen LogP contribution in [0.25, 0.3) is 0 Å². The molecule has 0 spiro atoms. The lowest BCUT2D eigenvalue weighted by Crippen LogP contribution is -2.03. The molecule has 94 valence electrons. The standard InChI is InChI=1S/C12H12BrFN4/c1-7-3-4-8(13)5-10(7)17-11-9(14)6-16-12(15-2)18-11/h3-6H,1-2H3,(H2,15,16,17,18). The molecule has 6 heteroatoms. The minimum absolute atomic E-state index is 0.149. The van der Waals surface area contributed by atoms with Crippen molar-refractivity contribution in [3.8, 4) is 0 Å². The van der Waals surface area contributed by atoms with Crippen LogP contribution in [0.2, 0.25) is 0 Å². The van der Waals surface area contributed by atoms with Gasteiger partial charge in [0.2, 0.25) is 5.95 Å². The molecule has 1 heterocycles. The van der Waals surface area contributed by atoms with Crippen LogP contribution in [0.5, 0.6) is 0 Å². The highest BCUT2D eigenvalue weighted by Gasteiger charge is 2.08. The first-order valence-electron chi connectivity index (χ1n) is 5.33. The van der Waals surface area contributed by atoms with Crippen LogP contribution >= 0.6 is 15.9 Å². The van der Waals surface area contributed by atoms with Gasteiger partial charge in [0, 0.05) is 17.2 Å². The Morgan fingerprint density at radius 1 is 1.33 bits per heavy atom. The summed E-state index contributed by atoms with van der Waals surface area (Å²) < 4.78 is 14.5. The Morgan fingerprint density at radius 3 is 2.83 bits per heavy atom. The van der Waals surface area contributed by atoms with E-state index in [-0.39, 0.29) is 5.82 Å². The first-order valence-corrected chi connectivity index (χ1v) is 6.13. The largest absolute Gasteiger partial charge is 0.357 e. The average Bonchev–Trinajstić information content (AvgIpc) is 2.36. The second-order valence-corrected chi connectivity index (χ2v) is 4.64. The summed E-state index contributed by atoms with van der Waals surface area (Å²) in [6.45, 7) is 1.94. The van der Waals surface area contributed by atoms with Gasteiger partial charge in [-0.2, -0.15) is 4.98 Å². The number of nitrogens with one attached hydrogen (secondary N) is 2. The Kier molecular flexibility index (Phi) is 3.76. The van der Waals surface area contributed by atoms with E-state index in [0.29, 0.717) is 5.95 Å². The summed E-state index contributed by atoms with van der Waals surface area (Å²) in [5.74, 6) is 0.0236. The Morgan fingerprint density at radius 2 is 2.11 bits per heavy atom. The molecule has 4 nitrogen and oxygen atoms in total. The lowest BCUT2D eigenvalue weighted by atomic mass is 10.2. The fraction of sp³-hybridized carbons (Fsp3) is 0.167. The normalized spacial score (nSPS) is 10.2. The van der Waals surface area contributed by atoms with Gasteiger partial charge in [0.25, 0.3) is 0 Å². The maximum Gasteiger partial charge on any atom is 0.224 e. The van der Waals surface area contributed by atoms with Crippen molar-refractivity contribution in [3.63, 3.8) is 0 Å². The molecule has 0 saturated heterocycles. The highest BCUT2D eigenvalue weighted by Crippen LogP contribution is 2.25. The summed E-state index contributed by atoms with van der Waals surface area (Å²) >= 11 is 3.38. The molecule has 0 aliphatic rings. The fourth-order valence-corrected chi connectivity index (χ4v) is 1.79. The van der Waals surface area contributed by atoms with Gasteiger partial charge < -0.3 is 10.6 Å². The van der Waals surface area contributed by atoms with E-state index in [1.165, 1.54) is 0 Å². The first-order chi connectivity index (χ1) is 8.60. The molecule has 0 radical (unpaired) electrons. The third-order valence-electron chi connectivity index (χ3n) is 2.42. The topological polar surface area (TPSA) is 49.8 Å². The smallest absolute Gasteiger partial charge is 0.224 e. The van der Waals surface area contributed by atoms with Crippen molar-refractivity contribution in [1.82, 2.24) is 9.97 Å². The molecule has 2 N–H and O–H groups in total.